The molecule has 3 aliphatic rings. The maximum atomic E-state index is 14.0. The van der Waals surface area contributed by atoms with Crippen LogP contribution in [0.2, 0.25) is 0 Å². The van der Waals surface area contributed by atoms with Gasteiger partial charge in [0.15, 0.2) is 0 Å². The molecular formula is C28H45N5O3S. The number of para-hydroxylation sites is 2. The Morgan fingerprint density at radius 1 is 0.946 bits per heavy atom. The minimum absolute atomic E-state index is 0.00410. The number of imidazole rings is 1. The van der Waals surface area contributed by atoms with Gasteiger partial charge in [-0.05, 0) is 63.6 Å². The summed E-state index contributed by atoms with van der Waals surface area (Å²) >= 11 is 0. The van der Waals surface area contributed by atoms with Crippen LogP contribution in [0.4, 0.5) is 0 Å². The van der Waals surface area contributed by atoms with Gasteiger partial charge in [0.25, 0.3) is 0 Å². The number of piperidine rings is 1. The van der Waals surface area contributed by atoms with Crippen molar-refractivity contribution in [2.45, 2.75) is 102 Å². The van der Waals surface area contributed by atoms with Crippen molar-refractivity contribution in [1.29, 1.82) is 0 Å². The van der Waals surface area contributed by atoms with Gasteiger partial charge in [-0.1, -0.05) is 44.2 Å². The zero-order valence-corrected chi connectivity index (χ0v) is 23.4. The highest BCUT2D eigenvalue weighted by Gasteiger charge is 2.40. The number of nitrogens with zero attached hydrogens (tertiary/aromatic N) is 3. The smallest absolute Gasteiger partial charge is 0.312 e. The average molecular weight is 532 g/mol. The third kappa shape index (κ3) is 6.15. The Kier molecular flexibility index (Phi) is 8.43. The molecule has 2 N–H and O–H groups in total. The van der Waals surface area contributed by atoms with Gasteiger partial charge in [-0.15, -0.1) is 0 Å². The first-order valence-corrected chi connectivity index (χ1v) is 16.4. The molecule has 2 saturated heterocycles. The van der Waals surface area contributed by atoms with Crippen molar-refractivity contribution in [2.24, 2.45) is 5.92 Å². The molecule has 4 atom stereocenters. The van der Waals surface area contributed by atoms with Gasteiger partial charge >= 0.3 is 5.69 Å². The van der Waals surface area contributed by atoms with E-state index in [0.29, 0.717) is 18.5 Å². The second-order valence-electron chi connectivity index (χ2n) is 11.8. The molecule has 206 valence electrons. The summed E-state index contributed by atoms with van der Waals surface area (Å²) in [4.78, 5) is 16.5. The summed E-state index contributed by atoms with van der Waals surface area (Å²) < 4.78 is 31.9. The third-order valence-corrected chi connectivity index (χ3v) is 9.76. The fourth-order valence-corrected chi connectivity index (χ4v) is 7.97. The highest BCUT2D eigenvalue weighted by atomic mass is 32.2. The minimum Gasteiger partial charge on any atom is -0.312 e. The van der Waals surface area contributed by atoms with Crippen molar-refractivity contribution in [3.05, 3.63) is 34.7 Å². The zero-order valence-electron chi connectivity index (χ0n) is 22.6. The van der Waals surface area contributed by atoms with Crippen molar-refractivity contribution in [1.82, 2.24) is 24.1 Å². The SMILES string of the molecule is CC1[C@H](NS(C)(=O)=O)[C@H](n2c(=O)n(C[C@@H]3CCCN3)c3ccccc32)CCN1CC1CCCCCCC1. The second kappa shape index (κ2) is 11.6. The zero-order chi connectivity index (χ0) is 26.0. The average Bonchev–Trinajstić information content (AvgIpc) is 3.44. The number of fused-ring (bicyclic) bond motifs is 1. The van der Waals surface area contributed by atoms with E-state index in [1.54, 1.807) is 0 Å². The van der Waals surface area contributed by atoms with E-state index < -0.39 is 10.0 Å². The molecule has 1 aliphatic carbocycles. The molecule has 8 nitrogen and oxygen atoms in total. The van der Waals surface area contributed by atoms with E-state index in [-0.39, 0.29) is 23.8 Å². The molecule has 0 radical (unpaired) electrons. The summed E-state index contributed by atoms with van der Waals surface area (Å²) in [6, 6.07) is 7.70. The third-order valence-electron chi connectivity index (χ3n) is 9.06. The van der Waals surface area contributed by atoms with Crippen LogP contribution in [0.25, 0.3) is 11.0 Å². The lowest BCUT2D eigenvalue weighted by molar-refractivity contribution is 0.0754. The number of rotatable bonds is 7. The lowest BCUT2D eigenvalue weighted by atomic mass is 9.87. The van der Waals surface area contributed by atoms with Gasteiger partial charge in [-0.3, -0.25) is 14.0 Å². The van der Waals surface area contributed by atoms with E-state index >= 15 is 0 Å². The van der Waals surface area contributed by atoms with E-state index in [1.165, 1.54) is 51.2 Å². The van der Waals surface area contributed by atoms with Gasteiger partial charge in [-0.25, -0.2) is 17.9 Å². The van der Waals surface area contributed by atoms with Crippen molar-refractivity contribution in [2.75, 3.05) is 25.9 Å². The standard InChI is InChI=1S/C28H45N5O3S/c1-21-27(30-37(2,35)36)26(16-18-31(21)19-22-11-6-4-3-5-7-12-22)33-25-15-9-8-14-24(25)32(28(33)34)20-23-13-10-17-29-23/h8-9,14-15,21-23,26-27,29-30H,3-7,10-13,16-20H2,1-2H3/t21?,23-,26+,27-/m0/s1. The fraction of sp³-hybridized carbons (Fsp3) is 0.750. The van der Waals surface area contributed by atoms with Crippen LogP contribution in [0.3, 0.4) is 0 Å². The Bertz CT molecular complexity index is 1210. The summed E-state index contributed by atoms with van der Waals surface area (Å²) in [6.45, 7) is 5.67. The summed E-state index contributed by atoms with van der Waals surface area (Å²) in [7, 11) is -3.45. The quantitative estimate of drug-likeness (QED) is 0.571. The Morgan fingerprint density at radius 2 is 1.65 bits per heavy atom. The van der Waals surface area contributed by atoms with Gasteiger partial charge in [-0.2, -0.15) is 0 Å². The van der Waals surface area contributed by atoms with Crippen molar-refractivity contribution in [3.8, 4) is 0 Å². The van der Waals surface area contributed by atoms with Crippen LogP contribution in [0.1, 0.15) is 77.2 Å². The molecule has 1 aromatic carbocycles. The van der Waals surface area contributed by atoms with E-state index in [1.807, 2.05) is 33.4 Å². The Labute approximate surface area is 221 Å². The van der Waals surface area contributed by atoms with E-state index in [2.05, 4.69) is 21.9 Å². The van der Waals surface area contributed by atoms with Crippen LogP contribution in [0.15, 0.2) is 29.1 Å². The molecule has 0 spiro atoms. The van der Waals surface area contributed by atoms with Crippen LogP contribution in [-0.4, -0.2) is 66.5 Å². The van der Waals surface area contributed by atoms with Crippen LogP contribution >= 0.6 is 0 Å². The number of benzene rings is 1. The van der Waals surface area contributed by atoms with Gasteiger partial charge in [0.05, 0.1) is 29.4 Å². The lowest BCUT2D eigenvalue weighted by Crippen LogP contribution is -2.59. The summed E-state index contributed by atoms with van der Waals surface area (Å²) in [6.07, 6.45) is 13.3. The first-order valence-electron chi connectivity index (χ1n) is 14.5. The predicted octanol–water partition coefficient (Wildman–Crippen LogP) is 3.47. The van der Waals surface area contributed by atoms with Crippen LogP contribution in [0.5, 0.6) is 0 Å². The van der Waals surface area contributed by atoms with E-state index in [0.717, 1.165) is 49.9 Å². The number of hydrogen-bond acceptors (Lipinski definition) is 5. The molecule has 0 amide bonds. The topological polar surface area (TPSA) is 88.4 Å². The van der Waals surface area contributed by atoms with Gasteiger partial charge < -0.3 is 5.32 Å². The summed E-state index contributed by atoms with van der Waals surface area (Å²) in [5, 5.41) is 3.52. The van der Waals surface area contributed by atoms with Crippen molar-refractivity contribution in [3.63, 3.8) is 0 Å². The largest absolute Gasteiger partial charge is 0.329 e. The highest BCUT2D eigenvalue weighted by molar-refractivity contribution is 7.88. The minimum atomic E-state index is -3.45. The molecule has 5 rings (SSSR count). The molecule has 9 heteroatoms. The molecule has 37 heavy (non-hydrogen) atoms. The highest BCUT2D eigenvalue weighted by Crippen LogP contribution is 2.32. The predicted molar refractivity (Wildman–Crippen MR) is 149 cm³/mol. The normalized spacial score (nSPS) is 28.9. The maximum Gasteiger partial charge on any atom is 0.329 e. The number of nitrogens with one attached hydrogen (secondary N) is 2. The van der Waals surface area contributed by atoms with Crippen LogP contribution in [0, 0.1) is 5.92 Å². The Hall–Kier alpha value is -1.68. The monoisotopic (exact) mass is 531 g/mol. The van der Waals surface area contributed by atoms with Crippen molar-refractivity contribution < 1.29 is 8.42 Å². The number of likely N-dealkylation sites (tertiary alicyclic amines) is 1. The van der Waals surface area contributed by atoms with Crippen LogP contribution in [-0.2, 0) is 16.6 Å². The molecule has 3 fully saturated rings. The first-order chi connectivity index (χ1) is 17.8. The van der Waals surface area contributed by atoms with Crippen LogP contribution < -0.4 is 15.7 Å². The van der Waals surface area contributed by atoms with E-state index in [9.17, 15) is 13.2 Å². The second-order valence-corrected chi connectivity index (χ2v) is 13.5. The molecule has 3 heterocycles. The summed E-state index contributed by atoms with van der Waals surface area (Å²) in [5.41, 5.74) is 1.81. The number of sulfonamides is 1. The Morgan fingerprint density at radius 3 is 2.32 bits per heavy atom. The fourth-order valence-electron chi connectivity index (χ4n) is 7.12. The molecule has 2 aliphatic heterocycles. The maximum absolute atomic E-state index is 14.0. The summed E-state index contributed by atoms with van der Waals surface area (Å²) in [5.74, 6) is 0.668. The van der Waals surface area contributed by atoms with Gasteiger partial charge in [0, 0.05) is 31.7 Å². The van der Waals surface area contributed by atoms with Gasteiger partial charge in [0.2, 0.25) is 10.0 Å². The van der Waals surface area contributed by atoms with Crippen molar-refractivity contribution >= 4 is 21.1 Å². The molecule has 0 bridgehead atoms. The first kappa shape index (κ1) is 26.9. The molecular weight excluding hydrogens is 486 g/mol. The molecule has 1 saturated carbocycles. The Balaban J connectivity index is 1.46. The van der Waals surface area contributed by atoms with E-state index in [4.69, 9.17) is 0 Å². The number of aromatic nitrogens is 2. The molecule has 2 aromatic rings. The van der Waals surface area contributed by atoms with Gasteiger partial charge in [0.1, 0.15) is 0 Å². The number of hydrogen-bond donors (Lipinski definition) is 2. The molecule has 1 aromatic heterocycles. The molecule has 1 unspecified atom stereocenters. The lowest BCUT2D eigenvalue weighted by Gasteiger charge is -2.45.